The molecule has 0 radical (unpaired) electrons. The van der Waals surface area contributed by atoms with Crippen LogP contribution in [0.4, 0.5) is 15.8 Å². The molecule has 4 aromatic rings. The van der Waals surface area contributed by atoms with E-state index in [0.717, 1.165) is 26.4 Å². The second-order valence-corrected chi connectivity index (χ2v) is 15.0. The van der Waals surface area contributed by atoms with Gasteiger partial charge in [0.25, 0.3) is 5.91 Å². The Hall–Kier alpha value is -3.74. The van der Waals surface area contributed by atoms with Crippen LogP contribution in [0.1, 0.15) is 22.8 Å². The molecular formula is C33H25BrFN3O5S2. The van der Waals surface area contributed by atoms with Gasteiger partial charge in [0.05, 0.1) is 22.5 Å². The van der Waals surface area contributed by atoms with E-state index in [1.165, 1.54) is 40.5 Å². The molecule has 1 aromatic heterocycles. The third kappa shape index (κ3) is 4.76. The topological polar surface area (TPSA) is 109 Å². The fourth-order valence-corrected chi connectivity index (χ4v) is 11.0. The number of H-pyrrole nitrogens is 1. The Labute approximate surface area is 273 Å². The Bertz CT molecular complexity index is 1900. The van der Waals surface area contributed by atoms with Crippen LogP contribution in [0, 0.1) is 35.4 Å². The Morgan fingerprint density at radius 1 is 0.956 bits per heavy atom. The maximum absolute atomic E-state index is 13.9. The van der Waals surface area contributed by atoms with Crippen molar-refractivity contribution in [3.8, 4) is 5.75 Å². The molecule has 7 atom stereocenters. The van der Waals surface area contributed by atoms with E-state index in [2.05, 4.69) is 26.2 Å². The summed E-state index contributed by atoms with van der Waals surface area (Å²) in [6.07, 6.45) is 0.809. The molecule has 228 valence electrons. The number of benzene rings is 3. The van der Waals surface area contributed by atoms with Gasteiger partial charge in [-0.2, -0.15) is 0 Å². The second-order valence-electron chi connectivity index (χ2n) is 11.9. The van der Waals surface area contributed by atoms with Gasteiger partial charge in [-0.05, 0) is 90.4 Å². The van der Waals surface area contributed by atoms with Crippen molar-refractivity contribution in [2.75, 3.05) is 16.8 Å². The van der Waals surface area contributed by atoms with E-state index < -0.39 is 0 Å². The summed E-state index contributed by atoms with van der Waals surface area (Å²) in [6, 6.07) is 20.3. The number of amides is 3. The number of halogens is 2. The fraction of sp³-hybridized carbons (Fsp3) is 0.273. The minimum atomic E-state index is -0.387. The minimum absolute atomic E-state index is 0.0100. The summed E-state index contributed by atoms with van der Waals surface area (Å²) in [5, 5.41) is 3.61. The van der Waals surface area contributed by atoms with Crippen molar-refractivity contribution < 1.29 is 23.5 Å². The Balaban J connectivity index is 1.05. The Morgan fingerprint density at radius 3 is 2.36 bits per heavy atom. The largest absolute Gasteiger partial charge is 0.484 e. The average molecular weight is 707 g/mol. The van der Waals surface area contributed by atoms with Crippen LogP contribution < -0.4 is 19.8 Å². The lowest BCUT2D eigenvalue weighted by atomic mass is 9.68. The first-order valence-electron chi connectivity index (χ1n) is 14.6. The molecule has 8 rings (SSSR count). The van der Waals surface area contributed by atoms with Gasteiger partial charge in [-0.1, -0.05) is 39.4 Å². The van der Waals surface area contributed by atoms with E-state index in [9.17, 15) is 23.6 Å². The second kappa shape index (κ2) is 11.0. The lowest BCUT2D eigenvalue weighted by Gasteiger charge is -2.43. The van der Waals surface area contributed by atoms with Gasteiger partial charge in [0, 0.05) is 26.2 Å². The highest BCUT2D eigenvalue weighted by atomic mass is 79.9. The number of nitrogens with zero attached hydrogens (tertiary/aromatic N) is 1. The van der Waals surface area contributed by atoms with Gasteiger partial charge in [0.15, 0.2) is 6.61 Å². The van der Waals surface area contributed by atoms with Gasteiger partial charge in [0.2, 0.25) is 11.8 Å². The number of carbonyl (C=O) groups excluding carboxylic acids is 3. The number of aromatic nitrogens is 1. The maximum atomic E-state index is 13.9. The summed E-state index contributed by atoms with van der Waals surface area (Å²) in [5.74, 6) is -1.23. The number of hydrogen-bond acceptors (Lipinski definition) is 7. The average Bonchev–Trinajstić information content (AvgIpc) is 3.77. The number of nitrogens with one attached hydrogen (secondary N) is 2. The first-order chi connectivity index (χ1) is 21.8. The van der Waals surface area contributed by atoms with Crippen molar-refractivity contribution in [1.82, 2.24) is 4.98 Å². The van der Waals surface area contributed by atoms with Crippen molar-refractivity contribution in [3.63, 3.8) is 0 Å². The predicted octanol–water partition coefficient (Wildman–Crippen LogP) is 6.03. The van der Waals surface area contributed by atoms with Crippen LogP contribution in [0.5, 0.6) is 5.75 Å². The monoisotopic (exact) mass is 705 g/mol. The van der Waals surface area contributed by atoms with Gasteiger partial charge in [-0.25, -0.2) is 4.39 Å². The smallest absolute Gasteiger partial charge is 0.305 e. The molecule has 2 bridgehead atoms. The Morgan fingerprint density at radius 2 is 1.64 bits per heavy atom. The SMILES string of the molecule is O=C(COc1ccc([C@H]2c3sc(=O)[nH]c3SC3C2[C@H]2C[C@@H]3C3C(=O)N(c4ccc(Br)cc4)C(=O)C32)cc1)Nc1ccc(F)cc1. The molecule has 2 N–H and O–H groups in total. The van der Waals surface area contributed by atoms with Crippen molar-refractivity contribution in [2.24, 2.45) is 29.6 Å². The van der Waals surface area contributed by atoms with Crippen LogP contribution in [-0.4, -0.2) is 34.6 Å². The lowest BCUT2D eigenvalue weighted by Crippen LogP contribution is -2.42. The number of ether oxygens (including phenoxy) is 1. The molecule has 4 aliphatic rings. The molecule has 4 unspecified atom stereocenters. The van der Waals surface area contributed by atoms with Crippen molar-refractivity contribution in [2.45, 2.75) is 22.6 Å². The quantitative estimate of drug-likeness (QED) is 0.237. The zero-order chi connectivity index (χ0) is 31.0. The molecule has 2 aliphatic heterocycles. The first-order valence-corrected chi connectivity index (χ1v) is 17.1. The number of thiazole rings is 1. The molecule has 3 fully saturated rings. The number of aromatic amines is 1. The molecule has 1 saturated heterocycles. The molecule has 3 aromatic carbocycles. The van der Waals surface area contributed by atoms with Crippen LogP contribution >= 0.6 is 39.0 Å². The number of rotatable bonds is 6. The standard InChI is InChI=1S/C33H25BrFN3O5S2/c34-16-3-9-19(10-4-16)38-31(40)26-21-13-22(27(26)32(38)41)28-25(21)24(29-30(44-28)37-33(42)45-29)15-1-11-20(12-2-15)43-14-23(39)36-18-7-5-17(35)6-8-18/h1-12,21-22,24-28H,13-14H2,(H,36,39)(H,37,42)/t21-,22-,24-,25?,26?,27?,28?/m1/s1. The van der Waals surface area contributed by atoms with E-state index in [0.29, 0.717) is 17.1 Å². The lowest BCUT2D eigenvalue weighted by molar-refractivity contribution is -0.123. The normalized spacial score (nSPS) is 27.7. The summed E-state index contributed by atoms with van der Waals surface area (Å²) < 4.78 is 19.8. The summed E-state index contributed by atoms with van der Waals surface area (Å²) >= 11 is 6.29. The van der Waals surface area contributed by atoms with Gasteiger partial charge < -0.3 is 15.0 Å². The number of carbonyl (C=O) groups is 3. The molecule has 0 spiro atoms. The molecule has 8 nitrogen and oxygen atoms in total. The summed E-state index contributed by atoms with van der Waals surface area (Å²) in [4.78, 5) is 57.9. The third-order valence-corrected chi connectivity index (χ3v) is 12.7. The Kier molecular flexibility index (Phi) is 6.99. The highest BCUT2D eigenvalue weighted by Crippen LogP contribution is 2.68. The molecule has 2 aliphatic carbocycles. The first kappa shape index (κ1) is 28.7. The van der Waals surface area contributed by atoms with E-state index in [1.807, 2.05) is 36.4 Å². The molecule has 2 saturated carbocycles. The third-order valence-electron chi connectivity index (χ3n) is 9.55. The van der Waals surface area contributed by atoms with E-state index in [-0.39, 0.29) is 75.8 Å². The highest BCUT2D eigenvalue weighted by Gasteiger charge is 2.69. The van der Waals surface area contributed by atoms with Crippen molar-refractivity contribution >= 4 is 68.1 Å². The van der Waals surface area contributed by atoms with E-state index in [1.54, 1.807) is 23.9 Å². The van der Waals surface area contributed by atoms with Crippen molar-refractivity contribution in [3.05, 3.63) is 103 Å². The number of imide groups is 1. The van der Waals surface area contributed by atoms with E-state index >= 15 is 0 Å². The number of anilines is 2. The highest BCUT2D eigenvalue weighted by molar-refractivity contribution is 9.10. The zero-order valence-corrected chi connectivity index (χ0v) is 26.7. The summed E-state index contributed by atoms with van der Waals surface area (Å²) in [6.45, 7) is -0.219. The fourth-order valence-electron chi connectivity index (χ4n) is 7.89. The number of hydrogen-bond donors (Lipinski definition) is 2. The predicted molar refractivity (Wildman–Crippen MR) is 172 cm³/mol. The number of thioether (sulfide) groups is 1. The molecule has 12 heteroatoms. The van der Waals surface area contributed by atoms with E-state index in [4.69, 9.17) is 4.74 Å². The van der Waals surface area contributed by atoms with Crippen molar-refractivity contribution in [1.29, 1.82) is 0 Å². The van der Waals surface area contributed by atoms with Gasteiger partial charge in [0.1, 0.15) is 11.6 Å². The van der Waals surface area contributed by atoms with Crippen LogP contribution in [0.15, 0.2) is 87.1 Å². The van der Waals surface area contributed by atoms with Gasteiger partial charge in [-0.3, -0.25) is 24.1 Å². The molecule has 45 heavy (non-hydrogen) atoms. The number of fused-ring (bicyclic) bond motifs is 9. The zero-order valence-electron chi connectivity index (χ0n) is 23.4. The van der Waals surface area contributed by atoms with Gasteiger partial charge in [-0.15, -0.1) is 11.8 Å². The molecular weight excluding hydrogens is 681 g/mol. The van der Waals surface area contributed by atoms with Crippen LogP contribution in [0.3, 0.4) is 0 Å². The summed E-state index contributed by atoms with van der Waals surface area (Å²) in [7, 11) is 0. The van der Waals surface area contributed by atoms with Crippen LogP contribution in [0.25, 0.3) is 0 Å². The molecule has 3 heterocycles. The summed E-state index contributed by atoms with van der Waals surface area (Å²) in [5.41, 5.74) is 2.07. The molecule has 3 amide bonds. The maximum Gasteiger partial charge on any atom is 0.305 e. The van der Waals surface area contributed by atoms with Crippen LogP contribution in [-0.2, 0) is 14.4 Å². The minimum Gasteiger partial charge on any atom is -0.484 e. The van der Waals surface area contributed by atoms with Gasteiger partial charge >= 0.3 is 4.87 Å². The van der Waals surface area contributed by atoms with Crippen LogP contribution in [0.2, 0.25) is 0 Å².